The second-order valence-corrected chi connectivity index (χ2v) is 10.0. The van der Waals surface area contributed by atoms with Crippen LogP contribution in [0, 0.1) is 19.8 Å². The van der Waals surface area contributed by atoms with Gasteiger partial charge in [0.2, 0.25) is 0 Å². The van der Waals surface area contributed by atoms with Crippen LogP contribution in [0.2, 0.25) is 0 Å². The molecular formula is C22H26N2O3S. The molecule has 1 heterocycles. The molecule has 0 radical (unpaired) electrons. The van der Waals surface area contributed by atoms with Crippen LogP contribution in [0.1, 0.15) is 41.5 Å². The molecule has 2 aromatic rings. The van der Waals surface area contributed by atoms with E-state index in [1.54, 1.807) is 12.1 Å². The SMILES string of the molecule is Cc1cc(S(=O)(=O)C[C@H]2CCC[C@H]2O)ccc1-c1ccc2c(c1C)C(N)=NC2. The van der Waals surface area contributed by atoms with Gasteiger partial charge in [0, 0.05) is 5.56 Å². The second kappa shape index (κ2) is 7.01. The normalized spacial score (nSPS) is 21.6. The number of aliphatic hydroxyl groups excluding tert-OH is 1. The molecule has 6 heteroatoms. The van der Waals surface area contributed by atoms with E-state index in [9.17, 15) is 13.5 Å². The summed E-state index contributed by atoms with van der Waals surface area (Å²) in [5, 5.41) is 9.99. The molecule has 148 valence electrons. The maximum absolute atomic E-state index is 12.9. The Hall–Kier alpha value is -2.18. The number of hydrogen-bond donors (Lipinski definition) is 2. The van der Waals surface area contributed by atoms with Crippen molar-refractivity contribution in [3.05, 3.63) is 52.6 Å². The zero-order chi connectivity index (χ0) is 20.1. The maximum atomic E-state index is 12.9. The third-order valence-electron chi connectivity index (χ3n) is 6.13. The van der Waals surface area contributed by atoms with E-state index in [1.165, 1.54) is 0 Å². The molecule has 1 saturated carbocycles. The first kappa shape index (κ1) is 19.2. The molecule has 3 N–H and O–H groups in total. The average molecular weight is 399 g/mol. The molecule has 2 aromatic carbocycles. The molecule has 0 spiro atoms. The molecule has 0 bridgehead atoms. The third kappa shape index (κ3) is 3.25. The van der Waals surface area contributed by atoms with Gasteiger partial charge in [0.05, 0.1) is 23.3 Å². The summed E-state index contributed by atoms with van der Waals surface area (Å²) in [6.07, 6.45) is 1.86. The summed E-state index contributed by atoms with van der Waals surface area (Å²) < 4.78 is 25.7. The predicted molar refractivity (Wildman–Crippen MR) is 111 cm³/mol. The van der Waals surface area contributed by atoms with Crippen molar-refractivity contribution in [1.82, 2.24) is 0 Å². The first-order valence-corrected chi connectivity index (χ1v) is 11.4. The van der Waals surface area contributed by atoms with Crippen molar-refractivity contribution >= 4 is 15.7 Å². The molecule has 2 atom stereocenters. The van der Waals surface area contributed by atoms with Crippen LogP contribution in [0.15, 0.2) is 40.2 Å². The van der Waals surface area contributed by atoms with Crippen LogP contribution in [0.5, 0.6) is 0 Å². The Morgan fingerprint density at radius 2 is 1.89 bits per heavy atom. The van der Waals surface area contributed by atoms with E-state index in [-0.39, 0.29) is 11.7 Å². The molecular weight excluding hydrogens is 372 g/mol. The molecule has 0 aromatic heterocycles. The molecule has 2 aliphatic rings. The molecule has 5 nitrogen and oxygen atoms in total. The van der Waals surface area contributed by atoms with Crippen LogP contribution in [0.3, 0.4) is 0 Å². The van der Waals surface area contributed by atoms with Crippen LogP contribution in [0.25, 0.3) is 11.1 Å². The number of fused-ring (bicyclic) bond motifs is 1. The topological polar surface area (TPSA) is 92.8 Å². The van der Waals surface area contributed by atoms with Gasteiger partial charge in [0.15, 0.2) is 9.84 Å². The predicted octanol–water partition coefficient (Wildman–Crippen LogP) is 3.12. The minimum atomic E-state index is -3.43. The lowest BCUT2D eigenvalue weighted by molar-refractivity contribution is 0.142. The Labute approximate surface area is 166 Å². The summed E-state index contributed by atoms with van der Waals surface area (Å²) in [5.41, 5.74) is 12.2. The number of sulfone groups is 1. The molecule has 1 aliphatic carbocycles. The van der Waals surface area contributed by atoms with Gasteiger partial charge in [-0.3, -0.25) is 4.99 Å². The smallest absolute Gasteiger partial charge is 0.178 e. The maximum Gasteiger partial charge on any atom is 0.178 e. The highest BCUT2D eigenvalue weighted by Gasteiger charge is 2.31. The zero-order valence-corrected chi connectivity index (χ0v) is 17.1. The van der Waals surface area contributed by atoms with E-state index >= 15 is 0 Å². The highest BCUT2D eigenvalue weighted by atomic mass is 32.2. The summed E-state index contributed by atoms with van der Waals surface area (Å²) in [7, 11) is -3.43. The fourth-order valence-corrected chi connectivity index (χ4v) is 6.30. The molecule has 1 aliphatic heterocycles. The summed E-state index contributed by atoms with van der Waals surface area (Å²) in [6.45, 7) is 4.59. The van der Waals surface area contributed by atoms with E-state index < -0.39 is 15.9 Å². The van der Waals surface area contributed by atoms with Crippen molar-refractivity contribution in [2.45, 2.75) is 50.7 Å². The van der Waals surface area contributed by atoms with Gasteiger partial charge < -0.3 is 10.8 Å². The van der Waals surface area contributed by atoms with E-state index in [4.69, 9.17) is 5.73 Å². The van der Waals surface area contributed by atoms with Crippen LogP contribution >= 0.6 is 0 Å². The van der Waals surface area contributed by atoms with Crippen molar-refractivity contribution in [2.75, 3.05) is 5.75 Å². The number of hydrogen-bond acceptors (Lipinski definition) is 5. The minimum Gasteiger partial charge on any atom is -0.393 e. The quantitative estimate of drug-likeness (QED) is 0.827. The lowest BCUT2D eigenvalue weighted by Gasteiger charge is -2.17. The Balaban J connectivity index is 1.68. The summed E-state index contributed by atoms with van der Waals surface area (Å²) >= 11 is 0. The number of aliphatic hydroxyl groups is 1. The number of rotatable bonds is 4. The third-order valence-corrected chi connectivity index (χ3v) is 7.97. The number of aryl methyl sites for hydroxylation is 1. The number of benzene rings is 2. The molecule has 28 heavy (non-hydrogen) atoms. The van der Waals surface area contributed by atoms with Gasteiger partial charge in [-0.1, -0.05) is 24.6 Å². The Bertz CT molecular complexity index is 1070. The molecule has 0 amide bonds. The van der Waals surface area contributed by atoms with E-state index in [1.807, 2.05) is 26.0 Å². The number of nitrogens with zero attached hydrogens (tertiary/aromatic N) is 1. The molecule has 4 rings (SSSR count). The van der Waals surface area contributed by atoms with E-state index in [0.717, 1.165) is 46.2 Å². The van der Waals surface area contributed by atoms with Gasteiger partial charge in [-0.15, -0.1) is 0 Å². The van der Waals surface area contributed by atoms with Crippen LogP contribution in [0.4, 0.5) is 0 Å². The summed E-state index contributed by atoms with van der Waals surface area (Å²) in [5.74, 6) is 0.421. The van der Waals surface area contributed by atoms with Crippen molar-refractivity contribution in [1.29, 1.82) is 0 Å². The zero-order valence-electron chi connectivity index (χ0n) is 16.3. The van der Waals surface area contributed by atoms with Crippen molar-refractivity contribution in [3.8, 4) is 11.1 Å². The number of amidine groups is 1. The summed E-state index contributed by atoms with van der Waals surface area (Å²) in [4.78, 5) is 4.64. The number of nitrogens with two attached hydrogens (primary N) is 1. The van der Waals surface area contributed by atoms with Crippen LogP contribution in [-0.2, 0) is 16.4 Å². The van der Waals surface area contributed by atoms with Gasteiger partial charge in [-0.2, -0.15) is 0 Å². The van der Waals surface area contributed by atoms with Crippen molar-refractivity contribution in [2.24, 2.45) is 16.6 Å². The minimum absolute atomic E-state index is 0.0117. The van der Waals surface area contributed by atoms with Crippen molar-refractivity contribution < 1.29 is 13.5 Å². The van der Waals surface area contributed by atoms with Gasteiger partial charge in [0.1, 0.15) is 5.84 Å². The first-order chi connectivity index (χ1) is 13.3. The Morgan fingerprint density at radius 1 is 1.14 bits per heavy atom. The average Bonchev–Trinajstić information content (AvgIpc) is 3.22. The monoisotopic (exact) mass is 398 g/mol. The van der Waals surface area contributed by atoms with Gasteiger partial charge in [-0.25, -0.2) is 8.42 Å². The second-order valence-electron chi connectivity index (χ2n) is 7.99. The van der Waals surface area contributed by atoms with E-state index in [0.29, 0.717) is 23.7 Å². The Kier molecular flexibility index (Phi) is 4.79. The first-order valence-electron chi connectivity index (χ1n) is 9.72. The van der Waals surface area contributed by atoms with Gasteiger partial charge in [0.25, 0.3) is 0 Å². The fraction of sp³-hybridized carbons (Fsp3) is 0.409. The van der Waals surface area contributed by atoms with E-state index in [2.05, 4.69) is 11.1 Å². The number of aliphatic imine (C=N–C) groups is 1. The van der Waals surface area contributed by atoms with Gasteiger partial charge >= 0.3 is 0 Å². The molecule has 0 unspecified atom stereocenters. The molecule has 1 fully saturated rings. The highest BCUT2D eigenvalue weighted by Crippen LogP contribution is 2.34. The van der Waals surface area contributed by atoms with Crippen LogP contribution in [-0.4, -0.2) is 31.2 Å². The highest BCUT2D eigenvalue weighted by molar-refractivity contribution is 7.91. The van der Waals surface area contributed by atoms with Gasteiger partial charge in [-0.05, 0) is 72.6 Å². The fourth-order valence-electron chi connectivity index (χ4n) is 4.52. The lowest BCUT2D eigenvalue weighted by atomic mass is 9.91. The standard InChI is InChI=1S/C22H26N2O3S/c1-13-10-17(28(26,27)12-16-4-3-5-20(16)25)7-9-18(13)19-8-6-15-11-24-22(23)21(15)14(19)2/h6-10,16,20,25H,3-5,11-12H2,1-2H3,(H2,23,24)/t16-,20-/m1/s1. The lowest BCUT2D eigenvalue weighted by Crippen LogP contribution is -2.23. The Morgan fingerprint density at radius 3 is 2.57 bits per heavy atom. The largest absolute Gasteiger partial charge is 0.393 e. The van der Waals surface area contributed by atoms with Crippen LogP contribution < -0.4 is 5.73 Å². The molecule has 0 saturated heterocycles. The summed E-state index contributed by atoms with van der Waals surface area (Å²) in [6, 6.07) is 9.42. The van der Waals surface area contributed by atoms with Crippen molar-refractivity contribution in [3.63, 3.8) is 0 Å².